The summed E-state index contributed by atoms with van der Waals surface area (Å²) in [4.78, 5) is -2.15. The van der Waals surface area contributed by atoms with E-state index in [-0.39, 0.29) is 5.92 Å². The number of benzene rings is 3. The second kappa shape index (κ2) is 11.2. The van der Waals surface area contributed by atoms with Gasteiger partial charge in [0.05, 0.1) is 0 Å². The maximum absolute atomic E-state index is 6.57. The van der Waals surface area contributed by atoms with E-state index in [1.807, 2.05) is 39.0 Å². The minimum Gasteiger partial charge on any atom is -0.100 e. The Balaban J connectivity index is 2.59. The lowest BCUT2D eigenvalue weighted by molar-refractivity contribution is 0.885. The van der Waals surface area contributed by atoms with Crippen LogP contribution in [0, 0.1) is 41.5 Å². The topological polar surface area (TPSA) is 0 Å². The minimum atomic E-state index is -0.717. The molecule has 0 spiro atoms. The van der Waals surface area contributed by atoms with Crippen LogP contribution in [0.3, 0.4) is 0 Å². The van der Waals surface area contributed by atoms with Gasteiger partial charge in [-0.1, -0.05) is 53.1 Å². The Morgan fingerprint density at radius 1 is 0.412 bits per heavy atom. The predicted molar refractivity (Wildman–Crippen MR) is 152 cm³/mol. The van der Waals surface area contributed by atoms with Crippen molar-refractivity contribution in [2.75, 3.05) is 0 Å². The number of rotatable bonds is 6. The molecule has 3 aromatic carbocycles. The van der Waals surface area contributed by atoms with E-state index < -0.39 is 14.5 Å². The number of alkyl halides is 6. The van der Waals surface area contributed by atoms with Crippen LogP contribution < -0.4 is 0 Å². The molecule has 0 N–H and O–H groups in total. The fraction of sp³-hybridized carbons (Fsp3) is 0.357. The largest absolute Gasteiger partial charge is 0.133 e. The van der Waals surface area contributed by atoms with Gasteiger partial charge in [-0.15, -0.1) is 69.6 Å². The summed E-state index contributed by atoms with van der Waals surface area (Å²) in [5.74, 6) is -0.276. The van der Waals surface area contributed by atoms with Crippen LogP contribution in [0.4, 0.5) is 0 Å². The van der Waals surface area contributed by atoms with Crippen molar-refractivity contribution in [1.82, 2.24) is 0 Å². The zero-order valence-corrected chi connectivity index (χ0v) is 24.6. The van der Waals surface area contributed by atoms with Gasteiger partial charge in [-0.3, -0.25) is 0 Å². The molecule has 182 valence electrons. The second-order valence-corrected chi connectivity index (χ2v) is 12.4. The molecule has 34 heavy (non-hydrogen) atoms. The molecule has 0 aromatic heterocycles. The van der Waals surface area contributed by atoms with Gasteiger partial charge in [0.1, 0.15) is 14.5 Å². The lowest BCUT2D eigenvalue weighted by Gasteiger charge is -2.32. The summed E-state index contributed by atoms with van der Waals surface area (Å²) in [6.45, 7) is 12.4. The van der Waals surface area contributed by atoms with Gasteiger partial charge in [0.15, 0.2) is 0 Å². The smallest absolute Gasteiger partial charge is 0.100 e. The van der Waals surface area contributed by atoms with Gasteiger partial charge < -0.3 is 0 Å². The average molecular weight is 577 g/mol. The molecular weight excluding hydrogens is 549 g/mol. The first-order chi connectivity index (χ1) is 15.8. The fourth-order valence-electron chi connectivity index (χ4n) is 5.19. The van der Waals surface area contributed by atoms with Crippen LogP contribution in [0.2, 0.25) is 0 Å². The first kappa shape index (κ1) is 28.0. The Morgan fingerprint density at radius 3 is 0.853 bits per heavy atom. The van der Waals surface area contributed by atoms with Gasteiger partial charge >= 0.3 is 0 Å². The molecule has 0 radical (unpaired) electrons. The van der Waals surface area contributed by atoms with Crippen molar-refractivity contribution in [1.29, 1.82) is 0 Å². The molecule has 0 bridgehead atoms. The molecule has 0 saturated heterocycles. The summed E-state index contributed by atoms with van der Waals surface area (Å²) in [6.07, 6.45) is 0. The van der Waals surface area contributed by atoms with E-state index in [1.165, 1.54) is 0 Å². The van der Waals surface area contributed by atoms with Crippen LogP contribution in [-0.2, 0) is 0 Å². The van der Waals surface area contributed by atoms with Crippen LogP contribution >= 0.6 is 69.6 Å². The molecule has 6 heteroatoms. The molecule has 0 amide bonds. The summed E-state index contributed by atoms with van der Waals surface area (Å²) in [5.41, 5.74) is 12.1. The number of halogens is 6. The molecule has 0 atom stereocenters. The molecule has 0 heterocycles. The van der Waals surface area contributed by atoms with Crippen LogP contribution in [0.15, 0.2) is 36.4 Å². The van der Waals surface area contributed by atoms with E-state index in [4.69, 9.17) is 69.6 Å². The third kappa shape index (κ3) is 5.69. The molecule has 0 nitrogen and oxygen atoms in total. The quantitative estimate of drug-likeness (QED) is 0.202. The van der Waals surface area contributed by atoms with Crippen LogP contribution in [0.5, 0.6) is 0 Å². The molecule has 0 fully saturated rings. The van der Waals surface area contributed by atoms with Gasteiger partial charge in [0, 0.05) is 5.92 Å². The number of aryl methyl sites for hydroxylation is 6. The monoisotopic (exact) mass is 574 g/mol. The molecular formula is C28H28Cl6. The van der Waals surface area contributed by atoms with Gasteiger partial charge in [-0.2, -0.15) is 0 Å². The average Bonchev–Trinajstić information content (AvgIpc) is 2.70. The molecule has 0 aliphatic carbocycles. The van der Waals surface area contributed by atoms with E-state index in [1.54, 1.807) is 0 Å². The first-order valence-corrected chi connectivity index (χ1v) is 13.6. The molecule has 3 aromatic rings. The predicted octanol–water partition coefficient (Wildman–Crippen LogP) is 11.1. The summed E-state index contributed by atoms with van der Waals surface area (Å²) in [7, 11) is 0. The van der Waals surface area contributed by atoms with E-state index >= 15 is 0 Å². The maximum Gasteiger partial charge on any atom is 0.133 e. The van der Waals surface area contributed by atoms with Crippen LogP contribution in [-0.4, -0.2) is 0 Å². The summed E-state index contributed by atoms with van der Waals surface area (Å²) in [6, 6.07) is 12.6. The van der Waals surface area contributed by atoms with Crippen molar-refractivity contribution in [3.8, 4) is 0 Å². The Kier molecular flexibility index (Phi) is 9.22. The first-order valence-electron chi connectivity index (χ1n) is 11.0. The van der Waals surface area contributed by atoms with Crippen molar-refractivity contribution >= 4 is 69.6 Å². The Morgan fingerprint density at radius 2 is 0.647 bits per heavy atom. The van der Waals surface area contributed by atoms with Gasteiger partial charge in [-0.25, -0.2) is 0 Å². The third-order valence-corrected chi connectivity index (χ3v) is 7.67. The molecule has 0 aliphatic rings. The summed E-state index contributed by atoms with van der Waals surface area (Å²) in [5, 5.41) is 0. The lowest BCUT2D eigenvalue weighted by atomic mass is 9.74. The van der Waals surface area contributed by atoms with Crippen molar-refractivity contribution in [2.24, 2.45) is 0 Å². The minimum absolute atomic E-state index is 0.276. The SMILES string of the molecule is Cc1cc(C)c(C(c2c(C)cc(C)cc2C(Cl)Cl)c2c(C)cc(C)cc2C(Cl)Cl)c(C(Cl)Cl)c1. The van der Waals surface area contributed by atoms with Gasteiger partial charge in [0.2, 0.25) is 0 Å². The Labute approximate surface area is 233 Å². The third-order valence-electron chi connectivity index (χ3n) is 6.26. The van der Waals surface area contributed by atoms with E-state index in [2.05, 4.69) is 39.0 Å². The number of hydrogen-bond donors (Lipinski definition) is 0. The fourth-order valence-corrected chi connectivity index (χ4v) is 6.28. The Bertz CT molecular complexity index is 1060. The lowest BCUT2D eigenvalue weighted by Crippen LogP contribution is -2.17. The number of hydrogen-bond acceptors (Lipinski definition) is 0. The highest BCUT2D eigenvalue weighted by Crippen LogP contribution is 2.49. The summed E-state index contributed by atoms with van der Waals surface area (Å²) >= 11 is 39.4. The molecule has 0 aliphatic heterocycles. The highest BCUT2D eigenvalue weighted by Gasteiger charge is 2.32. The highest BCUT2D eigenvalue weighted by molar-refractivity contribution is 6.45. The van der Waals surface area contributed by atoms with Crippen LogP contribution in [0.25, 0.3) is 0 Å². The molecule has 0 saturated carbocycles. The van der Waals surface area contributed by atoms with Crippen LogP contribution in [0.1, 0.15) is 87.2 Å². The second-order valence-electron chi connectivity index (χ2n) is 9.09. The van der Waals surface area contributed by atoms with Crippen molar-refractivity contribution in [3.63, 3.8) is 0 Å². The van der Waals surface area contributed by atoms with Crippen molar-refractivity contribution < 1.29 is 0 Å². The van der Waals surface area contributed by atoms with Crippen molar-refractivity contribution in [3.05, 3.63) is 103 Å². The zero-order chi connectivity index (χ0) is 25.5. The highest BCUT2D eigenvalue weighted by atomic mass is 35.5. The van der Waals surface area contributed by atoms with E-state index in [0.717, 1.165) is 66.8 Å². The molecule has 3 rings (SSSR count). The summed E-state index contributed by atoms with van der Waals surface area (Å²) < 4.78 is 0. The maximum atomic E-state index is 6.57. The van der Waals surface area contributed by atoms with Gasteiger partial charge in [0.25, 0.3) is 0 Å². The zero-order valence-electron chi connectivity index (χ0n) is 20.0. The van der Waals surface area contributed by atoms with Crippen molar-refractivity contribution in [2.45, 2.75) is 62.0 Å². The molecule has 0 unspecified atom stereocenters. The Hall–Kier alpha value is -0.600. The standard InChI is InChI=1S/C28H28Cl6/c1-13-7-16(4)22(19(10-13)26(29)30)25(23-17(5)8-14(2)11-20(23)27(31)32)24-18(6)9-15(3)12-21(24)28(33)34/h7-12,25-28H,1-6H3. The van der Waals surface area contributed by atoms with E-state index in [0.29, 0.717) is 0 Å². The van der Waals surface area contributed by atoms with E-state index in [9.17, 15) is 0 Å². The normalized spacial score (nSPS) is 12.0. The van der Waals surface area contributed by atoms with Gasteiger partial charge in [-0.05, 0) is 91.6 Å².